The highest BCUT2D eigenvalue weighted by Gasteiger charge is 2.34. The standard InChI is InChI=1S/C17H21N3O3/c21-12-9-14(18-10-12)17(22)20-7-5-11(6-8-20)16-19-13-3-1-2-4-15(13)23-16/h1-4,11-12,14,18,21H,5-10H2/t12-,14+/m0/s1. The molecule has 2 N–H and O–H groups in total. The quantitative estimate of drug-likeness (QED) is 0.872. The Bertz CT molecular complexity index is 673. The molecular formula is C17H21N3O3. The van der Waals surface area contributed by atoms with E-state index in [1.807, 2.05) is 29.2 Å². The number of hydrogen-bond donors (Lipinski definition) is 2. The number of aromatic nitrogens is 1. The van der Waals surface area contributed by atoms with E-state index in [4.69, 9.17) is 4.42 Å². The maximum atomic E-state index is 12.4. The first-order valence-electron chi connectivity index (χ1n) is 8.26. The van der Waals surface area contributed by atoms with E-state index in [0.717, 1.165) is 42.9 Å². The highest BCUT2D eigenvalue weighted by Crippen LogP contribution is 2.30. The molecule has 0 spiro atoms. The zero-order valence-corrected chi connectivity index (χ0v) is 12.9. The molecule has 3 heterocycles. The van der Waals surface area contributed by atoms with E-state index in [2.05, 4.69) is 10.3 Å². The molecule has 0 saturated carbocycles. The highest BCUT2D eigenvalue weighted by molar-refractivity contribution is 5.82. The molecule has 4 rings (SSSR count). The van der Waals surface area contributed by atoms with Crippen molar-refractivity contribution in [1.29, 1.82) is 0 Å². The summed E-state index contributed by atoms with van der Waals surface area (Å²) in [5.41, 5.74) is 1.72. The minimum Gasteiger partial charge on any atom is -0.440 e. The van der Waals surface area contributed by atoms with Crippen molar-refractivity contribution < 1.29 is 14.3 Å². The van der Waals surface area contributed by atoms with Crippen LogP contribution in [0.2, 0.25) is 0 Å². The van der Waals surface area contributed by atoms with Gasteiger partial charge in [0.25, 0.3) is 0 Å². The lowest BCUT2D eigenvalue weighted by molar-refractivity contribution is -0.134. The fourth-order valence-electron chi connectivity index (χ4n) is 3.54. The van der Waals surface area contributed by atoms with E-state index in [9.17, 15) is 9.90 Å². The molecule has 0 bridgehead atoms. The lowest BCUT2D eigenvalue weighted by atomic mass is 9.96. The smallest absolute Gasteiger partial charge is 0.239 e. The van der Waals surface area contributed by atoms with Gasteiger partial charge in [-0.25, -0.2) is 4.98 Å². The second-order valence-electron chi connectivity index (χ2n) is 6.47. The summed E-state index contributed by atoms with van der Waals surface area (Å²) in [6, 6.07) is 7.56. The number of nitrogens with zero attached hydrogens (tertiary/aromatic N) is 2. The van der Waals surface area contributed by atoms with Crippen molar-refractivity contribution in [2.45, 2.75) is 37.3 Å². The summed E-state index contributed by atoms with van der Waals surface area (Å²) in [4.78, 5) is 18.9. The van der Waals surface area contributed by atoms with Crippen LogP contribution in [-0.4, -0.2) is 52.7 Å². The zero-order valence-electron chi connectivity index (χ0n) is 12.9. The molecule has 6 nitrogen and oxygen atoms in total. The maximum absolute atomic E-state index is 12.4. The first-order chi connectivity index (χ1) is 11.2. The monoisotopic (exact) mass is 315 g/mol. The molecule has 0 radical (unpaired) electrons. The van der Waals surface area contributed by atoms with Crippen LogP contribution in [0.1, 0.15) is 31.1 Å². The molecule has 0 aliphatic carbocycles. The summed E-state index contributed by atoms with van der Waals surface area (Å²) < 4.78 is 5.86. The minimum absolute atomic E-state index is 0.109. The molecule has 122 valence electrons. The number of carbonyl (C=O) groups excluding carboxylic acids is 1. The first-order valence-corrected chi connectivity index (χ1v) is 8.26. The molecular weight excluding hydrogens is 294 g/mol. The predicted octanol–water partition coefficient (Wildman–Crippen LogP) is 1.26. The molecule has 2 aromatic rings. The number of nitrogens with one attached hydrogen (secondary N) is 1. The number of likely N-dealkylation sites (tertiary alicyclic amines) is 1. The lowest BCUT2D eigenvalue weighted by Crippen LogP contribution is -2.46. The van der Waals surface area contributed by atoms with E-state index in [1.165, 1.54) is 0 Å². The third kappa shape index (κ3) is 2.84. The molecule has 1 amide bonds. The van der Waals surface area contributed by atoms with Gasteiger partial charge in [0.2, 0.25) is 5.91 Å². The Hall–Kier alpha value is -1.92. The third-order valence-corrected chi connectivity index (χ3v) is 4.87. The number of aliphatic hydroxyl groups excluding tert-OH is 1. The normalized spacial score (nSPS) is 26.0. The Morgan fingerprint density at radius 1 is 1.30 bits per heavy atom. The van der Waals surface area contributed by atoms with E-state index < -0.39 is 6.10 Å². The number of β-amino-alcohol motifs (C(OH)–C–C–N with tert-alkyl or cyclic N) is 1. The van der Waals surface area contributed by atoms with Crippen molar-refractivity contribution in [1.82, 2.24) is 15.2 Å². The van der Waals surface area contributed by atoms with Crippen LogP contribution in [0, 0.1) is 0 Å². The maximum Gasteiger partial charge on any atom is 0.239 e. The van der Waals surface area contributed by atoms with Crippen molar-refractivity contribution in [3.05, 3.63) is 30.2 Å². The number of rotatable bonds is 2. The number of hydrogen-bond acceptors (Lipinski definition) is 5. The van der Waals surface area contributed by atoms with Gasteiger partial charge in [-0.05, 0) is 31.4 Å². The molecule has 1 aromatic heterocycles. The van der Waals surface area contributed by atoms with Gasteiger partial charge in [0, 0.05) is 25.6 Å². The lowest BCUT2D eigenvalue weighted by Gasteiger charge is -2.32. The number of amides is 1. The summed E-state index contributed by atoms with van der Waals surface area (Å²) >= 11 is 0. The molecule has 0 unspecified atom stereocenters. The van der Waals surface area contributed by atoms with Gasteiger partial charge in [-0.15, -0.1) is 0 Å². The number of carbonyl (C=O) groups is 1. The number of benzene rings is 1. The number of piperidine rings is 1. The molecule has 2 aliphatic heterocycles. The van der Waals surface area contributed by atoms with Gasteiger partial charge in [0.1, 0.15) is 5.52 Å². The van der Waals surface area contributed by atoms with Gasteiger partial charge in [-0.3, -0.25) is 4.79 Å². The Morgan fingerprint density at radius 2 is 2.09 bits per heavy atom. The molecule has 2 saturated heterocycles. The molecule has 1 aromatic carbocycles. The molecule has 2 fully saturated rings. The van der Waals surface area contributed by atoms with E-state index in [0.29, 0.717) is 13.0 Å². The van der Waals surface area contributed by atoms with Gasteiger partial charge < -0.3 is 19.7 Å². The minimum atomic E-state index is -0.402. The number of fused-ring (bicyclic) bond motifs is 1. The third-order valence-electron chi connectivity index (χ3n) is 4.87. The Morgan fingerprint density at radius 3 is 2.78 bits per heavy atom. The van der Waals surface area contributed by atoms with Crippen molar-refractivity contribution in [3.8, 4) is 0 Å². The van der Waals surface area contributed by atoms with Gasteiger partial charge in [0.05, 0.1) is 12.1 Å². The van der Waals surface area contributed by atoms with Gasteiger partial charge in [-0.1, -0.05) is 12.1 Å². The van der Waals surface area contributed by atoms with E-state index in [1.54, 1.807) is 0 Å². The van der Waals surface area contributed by atoms with E-state index in [-0.39, 0.29) is 17.9 Å². The Kier molecular flexibility index (Phi) is 3.79. The summed E-state index contributed by atoms with van der Waals surface area (Å²) in [6.07, 6.45) is 1.85. The van der Waals surface area contributed by atoms with Crippen LogP contribution in [0.5, 0.6) is 0 Å². The topological polar surface area (TPSA) is 78.6 Å². The summed E-state index contributed by atoms with van der Waals surface area (Å²) in [6.45, 7) is 1.95. The summed E-state index contributed by atoms with van der Waals surface area (Å²) in [5.74, 6) is 1.17. The molecule has 23 heavy (non-hydrogen) atoms. The number of oxazole rings is 1. The fraction of sp³-hybridized carbons (Fsp3) is 0.529. The fourth-order valence-corrected chi connectivity index (χ4v) is 3.54. The largest absolute Gasteiger partial charge is 0.440 e. The molecule has 2 aliphatic rings. The van der Waals surface area contributed by atoms with Crippen LogP contribution in [-0.2, 0) is 4.79 Å². The average Bonchev–Trinajstić information content (AvgIpc) is 3.20. The highest BCUT2D eigenvalue weighted by atomic mass is 16.3. The van der Waals surface area contributed by atoms with Gasteiger partial charge in [0.15, 0.2) is 11.5 Å². The van der Waals surface area contributed by atoms with Crippen LogP contribution in [0.25, 0.3) is 11.1 Å². The first kappa shape index (κ1) is 14.7. The number of para-hydroxylation sites is 2. The summed E-state index contributed by atoms with van der Waals surface area (Å²) in [7, 11) is 0. The van der Waals surface area contributed by atoms with Crippen LogP contribution >= 0.6 is 0 Å². The van der Waals surface area contributed by atoms with Crippen molar-refractivity contribution in [3.63, 3.8) is 0 Å². The number of aliphatic hydroxyl groups is 1. The zero-order chi connectivity index (χ0) is 15.8. The Balaban J connectivity index is 1.39. The van der Waals surface area contributed by atoms with Gasteiger partial charge in [-0.2, -0.15) is 0 Å². The Labute approximate surface area is 134 Å². The summed E-state index contributed by atoms with van der Waals surface area (Å²) in [5, 5.41) is 12.6. The second-order valence-corrected chi connectivity index (χ2v) is 6.47. The SMILES string of the molecule is O=C([C@H]1C[C@H](O)CN1)N1CCC(c2nc3ccccc3o2)CC1. The van der Waals surface area contributed by atoms with Crippen LogP contribution in [0.4, 0.5) is 0 Å². The average molecular weight is 315 g/mol. The van der Waals surface area contributed by atoms with E-state index >= 15 is 0 Å². The molecule has 2 atom stereocenters. The van der Waals surface area contributed by atoms with Crippen molar-refractivity contribution >= 4 is 17.0 Å². The van der Waals surface area contributed by atoms with Crippen molar-refractivity contribution in [2.75, 3.05) is 19.6 Å². The van der Waals surface area contributed by atoms with Crippen LogP contribution in [0.15, 0.2) is 28.7 Å². The van der Waals surface area contributed by atoms with Crippen LogP contribution < -0.4 is 5.32 Å². The van der Waals surface area contributed by atoms with Crippen molar-refractivity contribution in [2.24, 2.45) is 0 Å². The molecule has 6 heteroatoms. The van der Waals surface area contributed by atoms with Gasteiger partial charge >= 0.3 is 0 Å². The predicted molar refractivity (Wildman–Crippen MR) is 85.0 cm³/mol. The second kappa shape index (κ2) is 5.94. The van der Waals surface area contributed by atoms with Crippen LogP contribution in [0.3, 0.4) is 0 Å².